The molecule has 2 aromatic rings. The van der Waals surface area contributed by atoms with E-state index in [1.807, 2.05) is 13.8 Å². The van der Waals surface area contributed by atoms with Gasteiger partial charge >= 0.3 is 0 Å². The van der Waals surface area contributed by atoms with E-state index in [-0.39, 0.29) is 34.4 Å². The van der Waals surface area contributed by atoms with Crippen LogP contribution in [0, 0.1) is 5.82 Å². The lowest BCUT2D eigenvalue weighted by atomic mass is 10.2. The summed E-state index contributed by atoms with van der Waals surface area (Å²) in [5.41, 5.74) is 0.251. The lowest BCUT2D eigenvalue weighted by Gasteiger charge is -2.09. The zero-order valence-corrected chi connectivity index (χ0v) is 12.6. The summed E-state index contributed by atoms with van der Waals surface area (Å²) in [5, 5.41) is 10.7. The zero-order chi connectivity index (χ0) is 15.2. The number of nitrogens with one attached hydrogen (secondary N) is 1. The lowest BCUT2D eigenvalue weighted by molar-refractivity contribution is -0.119. The van der Waals surface area contributed by atoms with Crippen LogP contribution in [0.25, 0.3) is 11.5 Å². The quantitative estimate of drug-likeness (QED) is 0.831. The number of halogens is 1. The Balaban J connectivity index is 1.95. The van der Waals surface area contributed by atoms with Gasteiger partial charge in [0.2, 0.25) is 5.91 Å². The number of hydrogen-bond acceptors (Lipinski definition) is 5. The van der Waals surface area contributed by atoms with Crippen LogP contribution in [-0.2, 0) is 4.79 Å². The molecule has 1 aromatic heterocycles. The molecule has 0 bridgehead atoms. The highest BCUT2D eigenvalue weighted by molar-refractivity contribution is 7.99. The number of carbonyl (C=O) groups is 1. The fraction of sp³-hybridized carbons (Fsp3) is 0.357. The Labute approximate surface area is 126 Å². The SMILES string of the molecule is CC[C@H](C)NC(=O)CSc1nnc(-c2ccccc2F)o1. The number of carbonyl (C=O) groups excluding carboxylic acids is 1. The molecule has 5 nitrogen and oxygen atoms in total. The molecule has 0 saturated carbocycles. The number of hydrogen-bond donors (Lipinski definition) is 1. The summed E-state index contributed by atoms with van der Waals surface area (Å²) in [6.45, 7) is 3.93. The van der Waals surface area contributed by atoms with Gasteiger partial charge in [0, 0.05) is 6.04 Å². The van der Waals surface area contributed by atoms with E-state index in [0.717, 1.165) is 18.2 Å². The first-order valence-corrected chi connectivity index (χ1v) is 7.59. The van der Waals surface area contributed by atoms with Crippen molar-refractivity contribution in [3.63, 3.8) is 0 Å². The Hall–Kier alpha value is -1.89. The van der Waals surface area contributed by atoms with Crippen molar-refractivity contribution in [1.29, 1.82) is 0 Å². The van der Waals surface area contributed by atoms with E-state index in [9.17, 15) is 9.18 Å². The van der Waals surface area contributed by atoms with E-state index in [2.05, 4.69) is 15.5 Å². The second kappa shape index (κ2) is 7.21. The van der Waals surface area contributed by atoms with Gasteiger partial charge in [-0.3, -0.25) is 4.79 Å². The van der Waals surface area contributed by atoms with Crippen LogP contribution in [0.15, 0.2) is 33.9 Å². The third-order valence-electron chi connectivity index (χ3n) is 2.86. The molecule has 21 heavy (non-hydrogen) atoms. The molecular weight excluding hydrogens is 293 g/mol. The molecule has 1 N–H and O–H groups in total. The van der Waals surface area contributed by atoms with Gasteiger partial charge in [-0.1, -0.05) is 30.8 Å². The number of thioether (sulfide) groups is 1. The number of nitrogens with zero attached hydrogens (tertiary/aromatic N) is 2. The zero-order valence-electron chi connectivity index (χ0n) is 11.8. The highest BCUT2D eigenvalue weighted by atomic mass is 32.2. The summed E-state index contributed by atoms with van der Waals surface area (Å²) in [6.07, 6.45) is 0.869. The third-order valence-corrected chi connectivity index (χ3v) is 3.68. The predicted molar refractivity (Wildman–Crippen MR) is 78.3 cm³/mol. The van der Waals surface area contributed by atoms with Crippen LogP contribution in [0.5, 0.6) is 0 Å². The summed E-state index contributed by atoms with van der Waals surface area (Å²) >= 11 is 1.13. The maximum Gasteiger partial charge on any atom is 0.277 e. The Morgan fingerprint density at radius 1 is 1.43 bits per heavy atom. The van der Waals surface area contributed by atoms with Gasteiger partial charge in [0.1, 0.15) is 5.82 Å². The minimum atomic E-state index is -0.424. The lowest BCUT2D eigenvalue weighted by Crippen LogP contribution is -2.33. The molecule has 2 rings (SSSR count). The highest BCUT2D eigenvalue weighted by Gasteiger charge is 2.14. The molecule has 1 atom stereocenters. The third kappa shape index (κ3) is 4.29. The normalized spacial score (nSPS) is 12.1. The predicted octanol–water partition coefficient (Wildman–Crippen LogP) is 2.88. The number of rotatable bonds is 6. The van der Waals surface area contributed by atoms with Crippen molar-refractivity contribution in [3.8, 4) is 11.5 Å². The number of amides is 1. The first-order valence-electron chi connectivity index (χ1n) is 6.60. The molecule has 0 aliphatic rings. The summed E-state index contributed by atoms with van der Waals surface area (Å²) in [7, 11) is 0. The minimum Gasteiger partial charge on any atom is -0.411 e. The Bertz CT molecular complexity index is 618. The average Bonchev–Trinajstić information content (AvgIpc) is 2.94. The molecule has 0 aliphatic heterocycles. The van der Waals surface area contributed by atoms with E-state index in [0.29, 0.717) is 0 Å². The van der Waals surface area contributed by atoms with Crippen molar-refractivity contribution in [2.24, 2.45) is 0 Å². The van der Waals surface area contributed by atoms with Crippen LogP contribution in [0.2, 0.25) is 0 Å². The molecule has 1 amide bonds. The van der Waals surface area contributed by atoms with E-state index in [4.69, 9.17) is 4.42 Å². The molecule has 0 aliphatic carbocycles. The molecule has 1 heterocycles. The number of aromatic nitrogens is 2. The second-order valence-electron chi connectivity index (χ2n) is 4.52. The summed E-state index contributed by atoms with van der Waals surface area (Å²) in [4.78, 5) is 11.6. The molecule has 1 aromatic carbocycles. The van der Waals surface area contributed by atoms with Crippen molar-refractivity contribution in [3.05, 3.63) is 30.1 Å². The smallest absolute Gasteiger partial charge is 0.277 e. The van der Waals surface area contributed by atoms with Crippen LogP contribution in [0.4, 0.5) is 4.39 Å². The van der Waals surface area contributed by atoms with Gasteiger partial charge in [0.15, 0.2) is 0 Å². The van der Waals surface area contributed by atoms with E-state index >= 15 is 0 Å². The van der Waals surface area contributed by atoms with Gasteiger partial charge in [-0.2, -0.15) is 0 Å². The largest absolute Gasteiger partial charge is 0.411 e. The van der Waals surface area contributed by atoms with Crippen LogP contribution >= 0.6 is 11.8 Å². The van der Waals surface area contributed by atoms with Crippen molar-refractivity contribution in [2.45, 2.75) is 31.5 Å². The van der Waals surface area contributed by atoms with E-state index in [1.54, 1.807) is 18.2 Å². The first-order chi connectivity index (χ1) is 10.1. The van der Waals surface area contributed by atoms with Gasteiger partial charge < -0.3 is 9.73 Å². The fourth-order valence-electron chi connectivity index (χ4n) is 1.56. The van der Waals surface area contributed by atoms with Crippen LogP contribution in [-0.4, -0.2) is 27.9 Å². The molecule has 7 heteroatoms. The van der Waals surface area contributed by atoms with Crippen LogP contribution < -0.4 is 5.32 Å². The van der Waals surface area contributed by atoms with Gasteiger partial charge in [-0.25, -0.2) is 4.39 Å². The molecule has 112 valence electrons. The topological polar surface area (TPSA) is 68.0 Å². The summed E-state index contributed by atoms with van der Waals surface area (Å²) in [6, 6.07) is 6.30. The standard InChI is InChI=1S/C14H16FN3O2S/c1-3-9(2)16-12(19)8-21-14-18-17-13(20-14)10-6-4-5-7-11(10)15/h4-7,9H,3,8H2,1-2H3,(H,16,19)/t9-/m0/s1. The van der Waals surface area contributed by atoms with Gasteiger partial charge in [0.25, 0.3) is 11.1 Å². The van der Waals surface area contributed by atoms with Crippen molar-refractivity contribution in [1.82, 2.24) is 15.5 Å². The fourth-order valence-corrected chi connectivity index (χ4v) is 2.13. The second-order valence-corrected chi connectivity index (χ2v) is 5.45. The number of benzene rings is 1. The van der Waals surface area contributed by atoms with Crippen molar-refractivity contribution >= 4 is 17.7 Å². The van der Waals surface area contributed by atoms with Crippen molar-refractivity contribution < 1.29 is 13.6 Å². The monoisotopic (exact) mass is 309 g/mol. The Kier molecular flexibility index (Phi) is 5.32. The molecule has 0 radical (unpaired) electrons. The Morgan fingerprint density at radius 3 is 2.90 bits per heavy atom. The first kappa shape index (κ1) is 15.5. The van der Waals surface area contributed by atoms with Gasteiger partial charge in [0.05, 0.1) is 11.3 Å². The molecule has 0 fully saturated rings. The minimum absolute atomic E-state index is 0.0972. The van der Waals surface area contributed by atoms with E-state index < -0.39 is 5.82 Å². The van der Waals surface area contributed by atoms with Crippen LogP contribution in [0.1, 0.15) is 20.3 Å². The molecular formula is C14H16FN3O2S. The summed E-state index contributed by atoms with van der Waals surface area (Å²) < 4.78 is 18.9. The average molecular weight is 309 g/mol. The Morgan fingerprint density at radius 2 is 2.19 bits per heavy atom. The van der Waals surface area contributed by atoms with E-state index in [1.165, 1.54) is 6.07 Å². The molecule has 0 saturated heterocycles. The molecule has 0 spiro atoms. The maximum atomic E-state index is 13.6. The molecule has 0 unspecified atom stereocenters. The van der Waals surface area contributed by atoms with Crippen LogP contribution in [0.3, 0.4) is 0 Å². The van der Waals surface area contributed by atoms with Gasteiger partial charge in [-0.05, 0) is 25.5 Å². The highest BCUT2D eigenvalue weighted by Crippen LogP contribution is 2.24. The van der Waals surface area contributed by atoms with Crippen molar-refractivity contribution in [2.75, 3.05) is 5.75 Å². The maximum absolute atomic E-state index is 13.6. The van der Waals surface area contributed by atoms with Gasteiger partial charge in [-0.15, -0.1) is 10.2 Å². The summed E-state index contributed by atoms with van der Waals surface area (Å²) in [5.74, 6) is -0.228.